The number of Topliss-reactive ketones (excluding diaryl/α,β-unsaturated/α-hetero) is 1. The van der Waals surface area contributed by atoms with E-state index in [2.05, 4.69) is 12.1 Å². The average Bonchev–Trinajstić information content (AvgIpc) is 2.52. The summed E-state index contributed by atoms with van der Waals surface area (Å²) in [6, 6.07) is 10.2. The standard InChI is InChI=1S/C17H22O3Se/c1-3-17(12-15(18)20-2)11-7-10-14(16(17)19)21-13-8-5-4-6-9-13/h4-6,8-9,14H,3,7,10-12H2,1-2H3. The van der Waals surface area contributed by atoms with Gasteiger partial charge in [-0.2, -0.15) is 0 Å². The summed E-state index contributed by atoms with van der Waals surface area (Å²) in [5.74, 6) is 0.0172. The van der Waals surface area contributed by atoms with E-state index in [0.717, 1.165) is 25.7 Å². The van der Waals surface area contributed by atoms with Crippen LogP contribution in [0.4, 0.5) is 0 Å². The van der Waals surface area contributed by atoms with Crippen molar-refractivity contribution < 1.29 is 14.3 Å². The summed E-state index contributed by atoms with van der Waals surface area (Å²) in [6.45, 7) is 2.01. The van der Waals surface area contributed by atoms with Crippen LogP contribution < -0.4 is 4.46 Å². The molecule has 2 unspecified atom stereocenters. The van der Waals surface area contributed by atoms with E-state index in [0.29, 0.717) is 0 Å². The van der Waals surface area contributed by atoms with Crippen molar-refractivity contribution in [3.8, 4) is 0 Å². The normalized spacial score (nSPS) is 25.6. The fourth-order valence-electron chi connectivity index (χ4n) is 3.00. The van der Waals surface area contributed by atoms with Crippen molar-refractivity contribution in [2.45, 2.75) is 43.8 Å². The Morgan fingerprint density at radius 1 is 1.38 bits per heavy atom. The van der Waals surface area contributed by atoms with Crippen LogP contribution in [0.15, 0.2) is 30.3 Å². The number of benzene rings is 1. The van der Waals surface area contributed by atoms with Crippen molar-refractivity contribution >= 4 is 31.2 Å². The summed E-state index contributed by atoms with van der Waals surface area (Å²) in [6.07, 6.45) is 3.76. The number of hydrogen-bond acceptors (Lipinski definition) is 3. The molecule has 1 aromatic rings. The quantitative estimate of drug-likeness (QED) is 0.604. The van der Waals surface area contributed by atoms with Crippen molar-refractivity contribution in [3.05, 3.63) is 30.3 Å². The van der Waals surface area contributed by atoms with Gasteiger partial charge in [0, 0.05) is 0 Å². The van der Waals surface area contributed by atoms with E-state index in [4.69, 9.17) is 4.74 Å². The third-order valence-corrected chi connectivity index (χ3v) is 7.03. The molecule has 3 nitrogen and oxygen atoms in total. The molecule has 1 aliphatic carbocycles. The van der Waals surface area contributed by atoms with Gasteiger partial charge in [0.15, 0.2) is 0 Å². The molecule has 0 spiro atoms. The zero-order chi connectivity index (χ0) is 15.3. The number of ketones is 1. The Hall–Kier alpha value is -1.12. The molecule has 1 aromatic carbocycles. The maximum absolute atomic E-state index is 12.9. The molecule has 0 aromatic heterocycles. The Bertz CT molecular complexity index is 500. The van der Waals surface area contributed by atoms with E-state index in [-0.39, 0.29) is 37.9 Å². The molecule has 114 valence electrons. The molecule has 0 amide bonds. The third kappa shape index (κ3) is 3.75. The van der Waals surface area contributed by atoms with Crippen LogP contribution in [-0.2, 0) is 14.3 Å². The molecule has 1 aliphatic rings. The zero-order valence-corrected chi connectivity index (χ0v) is 14.3. The second-order valence-electron chi connectivity index (χ2n) is 5.56. The van der Waals surface area contributed by atoms with Crippen LogP contribution >= 0.6 is 0 Å². The number of rotatable bonds is 5. The first-order valence-corrected chi connectivity index (χ1v) is 9.28. The van der Waals surface area contributed by atoms with Gasteiger partial charge in [-0.15, -0.1) is 0 Å². The van der Waals surface area contributed by atoms with Gasteiger partial charge in [-0.05, 0) is 0 Å². The number of methoxy groups -OCH3 is 1. The molecule has 1 fully saturated rings. The summed E-state index contributed by atoms with van der Waals surface area (Å²) in [5, 5.41) is 0. The van der Waals surface area contributed by atoms with Crippen molar-refractivity contribution in [1.82, 2.24) is 0 Å². The fourth-order valence-corrected chi connectivity index (χ4v) is 5.69. The Kier molecular flexibility index (Phi) is 5.60. The molecule has 0 saturated heterocycles. The first-order valence-electron chi connectivity index (χ1n) is 7.44. The van der Waals surface area contributed by atoms with Crippen LogP contribution in [0.1, 0.15) is 39.0 Å². The Morgan fingerprint density at radius 3 is 2.71 bits per heavy atom. The molecule has 0 heterocycles. The van der Waals surface area contributed by atoms with Crippen molar-refractivity contribution in [2.75, 3.05) is 7.11 Å². The number of carbonyl (C=O) groups is 2. The van der Waals surface area contributed by atoms with Crippen molar-refractivity contribution in [1.29, 1.82) is 0 Å². The van der Waals surface area contributed by atoms with Crippen molar-refractivity contribution in [3.63, 3.8) is 0 Å². The second-order valence-corrected chi connectivity index (χ2v) is 8.24. The van der Waals surface area contributed by atoms with Gasteiger partial charge < -0.3 is 0 Å². The molecular formula is C17H22O3Se. The second kappa shape index (κ2) is 7.24. The van der Waals surface area contributed by atoms with Crippen LogP contribution in [0, 0.1) is 5.41 Å². The number of hydrogen-bond donors (Lipinski definition) is 0. The molecule has 0 aliphatic heterocycles. The minimum atomic E-state index is -0.494. The molecule has 0 bridgehead atoms. The van der Waals surface area contributed by atoms with Crippen LogP contribution in [0.25, 0.3) is 0 Å². The Balaban J connectivity index is 2.14. The summed E-state index contributed by atoms with van der Waals surface area (Å²) >= 11 is 0.148. The van der Waals surface area contributed by atoms with Gasteiger partial charge in [0.25, 0.3) is 0 Å². The van der Waals surface area contributed by atoms with Gasteiger partial charge in [0.2, 0.25) is 0 Å². The van der Waals surface area contributed by atoms with Crippen LogP contribution in [-0.4, -0.2) is 33.8 Å². The predicted molar refractivity (Wildman–Crippen MR) is 83.8 cm³/mol. The molecule has 2 rings (SSSR count). The molecule has 4 heteroatoms. The minimum absolute atomic E-state index is 0.0956. The van der Waals surface area contributed by atoms with Crippen LogP contribution in [0.3, 0.4) is 0 Å². The fraction of sp³-hybridized carbons (Fsp3) is 0.529. The maximum atomic E-state index is 12.9. The van der Waals surface area contributed by atoms with E-state index < -0.39 is 5.41 Å². The topological polar surface area (TPSA) is 43.4 Å². The molecular weight excluding hydrogens is 331 g/mol. The van der Waals surface area contributed by atoms with E-state index in [1.807, 2.05) is 25.1 Å². The summed E-state index contributed by atoms with van der Waals surface area (Å²) < 4.78 is 6.05. The first-order chi connectivity index (χ1) is 10.1. The molecule has 2 atom stereocenters. The molecule has 21 heavy (non-hydrogen) atoms. The van der Waals surface area contributed by atoms with E-state index in [9.17, 15) is 9.59 Å². The average molecular weight is 353 g/mol. The van der Waals surface area contributed by atoms with Gasteiger partial charge in [-0.3, -0.25) is 0 Å². The van der Waals surface area contributed by atoms with Gasteiger partial charge in [-0.1, -0.05) is 0 Å². The van der Waals surface area contributed by atoms with Crippen LogP contribution in [0.5, 0.6) is 0 Å². The summed E-state index contributed by atoms with van der Waals surface area (Å²) in [4.78, 5) is 24.7. The van der Waals surface area contributed by atoms with E-state index in [1.54, 1.807) is 0 Å². The van der Waals surface area contributed by atoms with Crippen molar-refractivity contribution in [2.24, 2.45) is 5.41 Å². The first kappa shape index (κ1) is 16.3. The van der Waals surface area contributed by atoms with Gasteiger partial charge in [0.1, 0.15) is 0 Å². The number of carbonyl (C=O) groups excluding carboxylic acids is 2. The Labute approximate surface area is 132 Å². The monoisotopic (exact) mass is 354 g/mol. The predicted octanol–water partition coefficient (Wildman–Crippen LogP) is 2.52. The Morgan fingerprint density at radius 2 is 2.10 bits per heavy atom. The number of ether oxygens (including phenoxy) is 1. The summed E-state index contributed by atoms with van der Waals surface area (Å²) in [7, 11) is 1.39. The van der Waals surface area contributed by atoms with E-state index >= 15 is 0 Å². The zero-order valence-electron chi connectivity index (χ0n) is 12.6. The number of esters is 1. The summed E-state index contributed by atoms with van der Waals surface area (Å²) in [5.41, 5.74) is -0.494. The SMILES string of the molecule is CCC1(CC(=O)OC)CCCC([Se]c2ccccc2)C1=O. The van der Waals surface area contributed by atoms with Gasteiger partial charge >= 0.3 is 132 Å². The molecule has 0 radical (unpaired) electrons. The van der Waals surface area contributed by atoms with E-state index in [1.165, 1.54) is 11.6 Å². The molecule has 1 saturated carbocycles. The molecule has 0 N–H and O–H groups in total. The van der Waals surface area contributed by atoms with Gasteiger partial charge in [-0.25, -0.2) is 0 Å². The van der Waals surface area contributed by atoms with Crippen LogP contribution in [0.2, 0.25) is 4.82 Å². The third-order valence-electron chi connectivity index (χ3n) is 4.35. The van der Waals surface area contributed by atoms with Gasteiger partial charge in [0.05, 0.1) is 0 Å².